The smallest absolute Gasteiger partial charge is 0.345 e. The zero-order valence-electron chi connectivity index (χ0n) is 20.3. The van der Waals surface area contributed by atoms with Crippen molar-refractivity contribution in [2.45, 2.75) is 12.4 Å². The molecule has 0 unspecified atom stereocenters. The molecule has 0 aliphatic carbocycles. The Kier molecular flexibility index (Phi) is 5.75. The van der Waals surface area contributed by atoms with E-state index < -0.39 is 35.1 Å². The molecule has 41 heavy (non-hydrogen) atoms. The normalized spacial score (nSPS) is 12.2. The topological polar surface area (TPSA) is 97.6 Å². The van der Waals surface area contributed by atoms with E-state index in [1.807, 2.05) is 0 Å². The molecule has 6 rings (SSSR count). The van der Waals surface area contributed by atoms with Gasteiger partial charge in [0.15, 0.2) is 11.6 Å². The molecule has 0 aliphatic heterocycles. The summed E-state index contributed by atoms with van der Waals surface area (Å²) in [5.41, 5.74) is -3.77. The number of amides is 1. The van der Waals surface area contributed by atoms with Gasteiger partial charge in [0.25, 0.3) is 5.91 Å². The molecule has 3 heterocycles. The molecule has 0 saturated heterocycles. The van der Waals surface area contributed by atoms with Crippen LogP contribution in [0.1, 0.15) is 21.6 Å². The third-order valence-corrected chi connectivity index (χ3v) is 6.47. The van der Waals surface area contributed by atoms with Crippen LogP contribution in [0.15, 0.2) is 73.2 Å². The van der Waals surface area contributed by atoms with Crippen molar-refractivity contribution in [2.75, 3.05) is 5.32 Å². The van der Waals surface area contributed by atoms with Crippen molar-refractivity contribution in [2.24, 2.45) is 0 Å². The summed E-state index contributed by atoms with van der Waals surface area (Å²) in [5, 5.41) is 11.1. The van der Waals surface area contributed by atoms with Crippen molar-refractivity contribution in [3.63, 3.8) is 0 Å². The van der Waals surface area contributed by atoms with Gasteiger partial charge in [0.2, 0.25) is 0 Å². The first-order valence-electron chi connectivity index (χ1n) is 11.7. The summed E-state index contributed by atoms with van der Waals surface area (Å²) in [7, 11) is 0. The Morgan fingerprint density at radius 3 is 2.34 bits per heavy atom. The minimum absolute atomic E-state index is 0.0335. The van der Waals surface area contributed by atoms with E-state index in [4.69, 9.17) is 0 Å². The molecule has 3 aromatic carbocycles. The summed E-state index contributed by atoms with van der Waals surface area (Å²) in [5.74, 6) is 0.440. The van der Waals surface area contributed by atoms with Crippen molar-refractivity contribution in [1.29, 1.82) is 0 Å². The second kappa shape index (κ2) is 9.10. The number of aromatic amines is 1. The van der Waals surface area contributed by atoms with Crippen LogP contribution in [-0.4, -0.2) is 36.4 Å². The molecule has 8 nitrogen and oxygen atoms in total. The van der Waals surface area contributed by atoms with Crippen molar-refractivity contribution in [3.8, 4) is 11.4 Å². The molecule has 1 amide bonds. The summed E-state index contributed by atoms with van der Waals surface area (Å²) in [6.45, 7) is 0. The molecule has 2 N–H and O–H groups in total. The van der Waals surface area contributed by atoms with Crippen LogP contribution in [0.25, 0.3) is 33.1 Å². The summed E-state index contributed by atoms with van der Waals surface area (Å²) >= 11 is 0. The highest BCUT2D eigenvalue weighted by atomic mass is 19.4. The Morgan fingerprint density at radius 2 is 1.66 bits per heavy atom. The second-order valence-electron chi connectivity index (χ2n) is 8.91. The lowest BCUT2D eigenvalue weighted by Crippen LogP contribution is -2.21. The van der Waals surface area contributed by atoms with Crippen LogP contribution < -0.4 is 10.7 Å². The Hall–Kier alpha value is -5.36. The number of nitrogens with zero attached hydrogens (tertiary/aromatic N) is 4. The highest BCUT2D eigenvalue weighted by Gasteiger charge is 2.41. The number of anilines is 1. The lowest BCUT2D eigenvalue weighted by Gasteiger charge is -2.16. The van der Waals surface area contributed by atoms with Gasteiger partial charge < -0.3 is 10.3 Å². The minimum atomic E-state index is -5.08. The largest absolute Gasteiger partial charge is 0.434 e. The number of carbonyl (C=O) groups is 1. The molecule has 0 atom stereocenters. The average molecular weight is 568 g/mol. The first-order valence-corrected chi connectivity index (χ1v) is 11.7. The van der Waals surface area contributed by atoms with Crippen LogP contribution in [0.2, 0.25) is 0 Å². The fraction of sp³-hybridized carbons (Fsp3) is 0.0741. The predicted molar refractivity (Wildman–Crippen MR) is 134 cm³/mol. The van der Waals surface area contributed by atoms with Gasteiger partial charge in [-0.2, -0.15) is 36.5 Å². The molecule has 0 fully saturated rings. The number of benzene rings is 3. The van der Waals surface area contributed by atoms with Crippen LogP contribution in [-0.2, 0) is 17.1 Å². The van der Waals surface area contributed by atoms with Crippen molar-refractivity contribution in [1.82, 2.24) is 24.5 Å². The minimum Gasteiger partial charge on any atom is -0.345 e. The Labute approximate surface area is 224 Å². The first kappa shape index (κ1) is 25.9. The van der Waals surface area contributed by atoms with Gasteiger partial charge in [-0.15, -0.1) is 0 Å². The lowest BCUT2D eigenvalue weighted by molar-refractivity contribution is -0.143. The number of carbonyl (C=O) groups excluding carboxylic acids is 2. The molecule has 0 bridgehead atoms. The number of aromatic nitrogens is 5. The molecule has 14 heteroatoms. The lowest BCUT2D eigenvalue weighted by atomic mass is 10.1. The number of rotatable bonds is 4. The van der Waals surface area contributed by atoms with E-state index in [9.17, 15) is 35.9 Å². The van der Waals surface area contributed by atoms with Gasteiger partial charge in [-0.3, -0.25) is 4.79 Å². The maximum Gasteiger partial charge on any atom is 0.434 e. The number of hydrogen-bond donors (Lipinski definition) is 2. The molecule has 3 aromatic heterocycles. The molecule has 0 saturated carbocycles. The van der Waals surface area contributed by atoms with Gasteiger partial charge in [-0.05, 0) is 36.4 Å². The number of hydrogen-bond acceptors (Lipinski definition) is 4. The van der Waals surface area contributed by atoms with E-state index in [0.29, 0.717) is 38.6 Å². The highest BCUT2D eigenvalue weighted by molar-refractivity contribution is 6.13. The van der Waals surface area contributed by atoms with Crippen LogP contribution in [0, 0.1) is 0 Å². The first-order chi connectivity index (χ1) is 19.5. The summed E-state index contributed by atoms with van der Waals surface area (Å²) in [6.07, 6.45) is -6.67. The summed E-state index contributed by atoms with van der Waals surface area (Å²) in [4.78, 5) is 27.2. The molecule has 206 valence electrons. The maximum absolute atomic E-state index is 14.4. The van der Waals surface area contributed by atoms with Gasteiger partial charge in [0.05, 0.1) is 28.7 Å². The van der Waals surface area contributed by atoms with Gasteiger partial charge in [-0.1, -0.05) is 18.2 Å². The molecular formula is C27H14F6N6O2. The monoisotopic (exact) mass is 568 g/mol. The second-order valence-corrected chi connectivity index (χ2v) is 8.91. The van der Waals surface area contributed by atoms with Crippen LogP contribution in [0.5, 0.6) is 0 Å². The summed E-state index contributed by atoms with van der Waals surface area (Å²) in [6, 6.07) is 11.7. The van der Waals surface area contributed by atoms with Crippen LogP contribution >= 0.6 is 0 Å². The number of alkyl halides is 6. The predicted octanol–water partition coefficient (Wildman–Crippen LogP) is 5.20. The number of halogens is 6. The quantitative estimate of drug-likeness (QED) is 0.286. The third kappa shape index (κ3) is 4.30. The van der Waals surface area contributed by atoms with Crippen LogP contribution in [0.4, 0.5) is 32.0 Å². The fourth-order valence-electron chi connectivity index (χ4n) is 4.79. The van der Waals surface area contributed by atoms with Gasteiger partial charge >= 0.3 is 12.4 Å². The van der Waals surface area contributed by atoms with E-state index in [-0.39, 0.29) is 22.4 Å². The van der Waals surface area contributed by atoms with Crippen molar-refractivity contribution >= 4 is 39.2 Å². The third-order valence-electron chi connectivity index (χ3n) is 6.47. The van der Waals surface area contributed by atoms with Crippen molar-refractivity contribution < 1.29 is 35.9 Å². The molecular weight excluding hydrogens is 554 g/mol. The van der Waals surface area contributed by atoms with E-state index in [2.05, 4.69) is 20.5 Å². The zero-order valence-corrected chi connectivity index (χ0v) is 20.3. The molecule has 6 aromatic rings. The summed E-state index contributed by atoms with van der Waals surface area (Å²) < 4.78 is 86.0. The highest BCUT2D eigenvalue weighted by Crippen LogP contribution is 2.38. The fourth-order valence-corrected chi connectivity index (χ4v) is 4.79. The Bertz CT molecular complexity index is 2030. The average Bonchev–Trinajstić information content (AvgIpc) is 3.68. The Balaban J connectivity index is 1.44. The van der Waals surface area contributed by atoms with Crippen LogP contribution in [0.3, 0.4) is 0 Å². The van der Waals surface area contributed by atoms with E-state index in [1.165, 1.54) is 36.7 Å². The SMILES string of the molecule is O=C=c1[nH]c2ccc(-n3ncc(C(=O)Nc4ccc(-n5cccn5)c(C(F)(F)F)c4)c3C(F)(F)F)c3cccc1c23. The van der Waals surface area contributed by atoms with Gasteiger partial charge in [0, 0.05) is 39.8 Å². The number of nitrogens with one attached hydrogen (secondary N) is 2. The van der Waals surface area contributed by atoms with E-state index in [1.54, 1.807) is 18.1 Å². The molecule has 0 aliphatic rings. The van der Waals surface area contributed by atoms with E-state index >= 15 is 0 Å². The van der Waals surface area contributed by atoms with E-state index in [0.717, 1.165) is 16.8 Å². The molecule has 0 radical (unpaired) electrons. The maximum atomic E-state index is 14.4. The Morgan fingerprint density at radius 1 is 0.902 bits per heavy atom. The number of H-pyrrole nitrogens is 1. The molecule has 0 spiro atoms. The zero-order chi connectivity index (χ0) is 29.1. The standard InChI is InChI=1S/C27H14F6N6O2/c28-26(29,30)18-11-14(5-7-22(18)38-10-2-9-34-38)36-25(41)17-12-35-39(24(17)27(31,32)33)21-8-6-19-23-15(20(13-40)37-19)3-1-4-16(21)23/h1-12,37H,(H,36,41). The van der Waals surface area contributed by atoms with Gasteiger partial charge in [0.1, 0.15) is 5.35 Å². The van der Waals surface area contributed by atoms with Crippen molar-refractivity contribution in [3.05, 3.63) is 95.4 Å². The van der Waals surface area contributed by atoms with Gasteiger partial charge in [-0.25, -0.2) is 14.2 Å².